The molecule has 3 N–H and O–H groups in total. The van der Waals surface area contributed by atoms with E-state index in [2.05, 4.69) is 10.6 Å². The second-order valence-electron chi connectivity index (χ2n) is 6.65. The minimum atomic E-state index is -1.22. The maximum atomic E-state index is 12.8. The molecule has 0 aliphatic carbocycles. The van der Waals surface area contributed by atoms with Gasteiger partial charge < -0.3 is 15.3 Å². The molecule has 28 heavy (non-hydrogen) atoms. The van der Waals surface area contributed by atoms with E-state index in [1.165, 1.54) is 17.0 Å². The third-order valence-electron chi connectivity index (χ3n) is 4.58. The average Bonchev–Trinajstić information content (AvgIpc) is 2.94. The molecule has 8 nitrogen and oxygen atoms in total. The lowest BCUT2D eigenvalue weighted by molar-refractivity contribution is -0.137. The molecule has 1 fully saturated rings. The van der Waals surface area contributed by atoms with Crippen molar-refractivity contribution >= 4 is 23.8 Å². The van der Waals surface area contributed by atoms with Crippen LogP contribution in [-0.4, -0.2) is 40.4 Å². The van der Waals surface area contributed by atoms with Gasteiger partial charge in [-0.3, -0.25) is 19.7 Å². The molecule has 1 saturated heterocycles. The van der Waals surface area contributed by atoms with Crippen molar-refractivity contribution in [2.24, 2.45) is 0 Å². The van der Waals surface area contributed by atoms with Crippen LogP contribution in [0.2, 0.25) is 0 Å². The molecule has 144 valence electrons. The molecule has 0 spiro atoms. The van der Waals surface area contributed by atoms with Crippen molar-refractivity contribution in [2.75, 3.05) is 6.54 Å². The van der Waals surface area contributed by atoms with Crippen LogP contribution >= 0.6 is 0 Å². The van der Waals surface area contributed by atoms with Crippen molar-refractivity contribution in [2.45, 2.75) is 19.0 Å². The first-order valence-corrected chi connectivity index (χ1v) is 8.59. The normalized spacial score (nSPS) is 18.3. The Hall–Kier alpha value is -3.68. The van der Waals surface area contributed by atoms with Crippen LogP contribution in [0.5, 0.6) is 0 Å². The van der Waals surface area contributed by atoms with E-state index in [9.17, 15) is 19.2 Å². The molecule has 1 aliphatic heterocycles. The lowest BCUT2D eigenvalue weighted by Gasteiger charge is -2.23. The van der Waals surface area contributed by atoms with E-state index < -0.39 is 35.9 Å². The first kappa shape index (κ1) is 19.1. The molecule has 0 radical (unpaired) electrons. The van der Waals surface area contributed by atoms with Crippen LogP contribution in [0.25, 0.3) is 0 Å². The number of aliphatic carboxylic acids is 1. The summed E-state index contributed by atoms with van der Waals surface area (Å²) in [5.74, 6) is -2.03. The molecule has 3 rings (SSSR count). The first-order chi connectivity index (χ1) is 13.3. The Morgan fingerprint density at radius 1 is 1.04 bits per heavy atom. The number of hydrogen-bond acceptors (Lipinski definition) is 4. The Kier molecular flexibility index (Phi) is 5.12. The summed E-state index contributed by atoms with van der Waals surface area (Å²) in [6.07, 6.45) is 0. The van der Waals surface area contributed by atoms with Gasteiger partial charge in [0.15, 0.2) is 0 Å². The number of benzene rings is 2. The Morgan fingerprint density at radius 2 is 1.68 bits per heavy atom. The van der Waals surface area contributed by atoms with E-state index in [4.69, 9.17) is 5.11 Å². The van der Waals surface area contributed by atoms with Crippen LogP contribution in [0, 0.1) is 0 Å². The Labute approximate surface area is 161 Å². The molecule has 1 aliphatic rings. The standard InChI is InChI=1S/C20H19N3O5/c1-20(18(27)21-19(28)22-20)15-9-7-14(8-10-15)17(26)23(12-16(24)25)11-13-5-3-2-4-6-13/h2-10H,11-12H2,1H3,(H,24,25)(H2,21,22,27,28)/t20-/m0/s1. The Balaban J connectivity index is 1.82. The summed E-state index contributed by atoms with van der Waals surface area (Å²) in [5, 5.41) is 13.9. The predicted octanol–water partition coefficient (Wildman–Crippen LogP) is 1.47. The zero-order chi connectivity index (χ0) is 20.3. The molecular weight excluding hydrogens is 362 g/mol. The zero-order valence-electron chi connectivity index (χ0n) is 15.1. The summed E-state index contributed by atoms with van der Waals surface area (Å²) in [4.78, 5) is 48.7. The quantitative estimate of drug-likeness (QED) is 0.656. The van der Waals surface area contributed by atoms with Crippen molar-refractivity contribution in [1.29, 1.82) is 0 Å². The summed E-state index contributed by atoms with van der Waals surface area (Å²) in [5.41, 5.74) is 0.393. The monoisotopic (exact) mass is 381 g/mol. The van der Waals surface area contributed by atoms with Crippen LogP contribution in [0.4, 0.5) is 4.79 Å². The van der Waals surface area contributed by atoms with Crippen LogP contribution < -0.4 is 10.6 Å². The largest absolute Gasteiger partial charge is 0.480 e. The van der Waals surface area contributed by atoms with Gasteiger partial charge >= 0.3 is 12.0 Å². The third-order valence-corrected chi connectivity index (χ3v) is 4.58. The Morgan fingerprint density at radius 3 is 2.21 bits per heavy atom. The SMILES string of the molecule is C[C@@]1(c2ccc(C(=O)N(CC(=O)O)Cc3ccccc3)cc2)NC(=O)NC1=O. The van der Waals surface area contributed by atoms with E-state index >= 15 is 0 Å². The highest BCUT2D eigenvalue weighted by Crippen LogP contribution is 2.25. The molecule has 4 amide bonds. The van der Waals surface area contributed by atoms with E-state index in [0.29, 0.717) is 5.56 Å². The molecule has 0 saturated carbocycles. The number of urea groups is 1. The van der Waals surface area contributed by atoms with Gasteiger partial charge in [0, 0.05) is 12.1 Å². The van der Waals surface area contributed by atoms with Gasteiger partial charge in [-0.2, -0.15) is 0 Å². The molecule has 0 bridgehead atoms. The summed E-state index contributed by atoms with van der Waals surface area (Å²) in [7, 11) is 0. The van der Waals surface area contributed by atoms with Gasteiger partial charge in [0.1, 0.15) is 12.1 Å². The Bertz CT molecular complexity index is 927. The number of carbonyl (C=O) groups is 4. The topological polar surface area (TPSA) is 116 Å². The predicted molar refractivity (Wildman–Crippen MR) is 99.3 cm³/mol. The van der Waals surface area contributed by atoms with Crippen LogP contribution in [0.3, 0.4) is 0 Å². The maximum absolute atomic E-state index is 12.8. The van der Waals surface area contributed by atoms with E-state index in [0.717, 1.165) is 5.56 Å². The number of nitrogens with one attached hydrogen (secondary N) is 2. The van der Waals surface area contributed by atoms with E-state index in [1.54, 1.807) is 19.1 Å². The van der Waals surface area contributed by atoms with Crippen molar-refractivity contribution in [1.82, 2.24) is 15.5 Å². The van der Waals surface area contributed by atoms with Gasteiger partial charge in [0.25, 0.3) is 11.8 Å². The number of carbonyl (C=O) groups excluding carboxylic acids is 3. The molecular formula is C20H19N3O5. The minimum Gasteiger partial charge on any atom is -0.480 e. The van der Waals surface area contributed by atoms with Crippen LogP contribution in [-0.2, 0) is 21.7 Å². The number of imide groups is 1. The fourth-order valence-electron chi connectivity index (χ4n) is 3.04. The molecule has 8 heteroatoms. The number of rotatable bonds is 6. The first-order valence-electron chi connectivity index (χ1n) is 8.59. The highest BCUT2D eigenvalue weighted by atomic mass is 16.4. The molecule has 1 heterocycles. The molecule has 2 aromatic carbocycles. The van der Waals surface area contributed by atoms with Crippen molar-refractivity contribution in [3.05, 3.63) is 71.3 Å². The number of carboxylic acids is 1. The van der Waals surface area contributed by atoms with Crippen molar-refractivity contribution in [3.8, 4) is 0 Å². The average molecular weight is 381 g/mol. The van der Waals surface area contributed by atoms with Crippen molar-refractivity contribution in [3.63, 3.8) is 0 Å². The summed E-state index contributed by atoms with van der Waals surface area (Å²) in [6.45, 7) is 1.28. The van der Waals surface area contributed by atoms with Gasteiger partial charge in [0.05, 0.1) is 0 Å². The fraction of sp³-hybridized carbons (Fsp3) is 0.200. The van der Waals surface area contributed by atoms with Crippen LogP contribution in [0.1, 0.15) is 28.4 Å². The van der Waals surface area contributed by atoms with E-state index in [-0.39, 0.29) is 12.1 Å². The number of hydrogen-bond donors (Lipinski definition) is 3. The number of carboxylic acid groups (broad SMARTS) is 1. The van der Waals surface area contributed by atoms with Gasteiger partial charge in [-0.25, -0.2) is 4.79 Å². The number of amides is 4. The molecule has 0 aromatic heterocycles. The summed E-state index contributed by atoms with van der Waals surface area (Å²) < 4.78 is 0. The summed E-state index contributed by atoms with van der Waals surface area (Å²) in [6, 6.07) is 14.7. The summed E-state index contributed by atoms with van der Waals surface area (Å²) >= 11 is 0. The lowest BCUT2D eigenvalue weighted by Crippen LogP contribution is -2.40. The highest BCUT2D eigenvalue weighted by molar-refractivity contribution is 6.07. The van der Waals surface area contributed by atoms with Gasteiger partial charge in [-0.05, 0) is 30.2 Å². The van der Waals surface area contributed by atoms with Gasteiger partial charge in [-0.15, -0.1) is 0 Å². The highest BCUT2D eigenvalue weighted by Gasteiger charge is 2.43. The minimum absolute atomic E-state index is 0.157. The lowest BCUT2D eigenvalue weighted by atomic mass is 9.91. The smallest absolute Gasteiger partial charge is 0.323 e. The van der Waals surface area contributed by atoms with E-state index in [1.807, 2.05) is 30.3 Å². The second kappa shape index (κ2) is 7.51. The van der Waals surface area contributed by atoms with Crippen molar-refractivity contribution < 1.29 is 24.3 Å². The fourth-order valence-corrected chi connectivity index (χ4v) is 3.04. The molecule has 2 aromatic rings. The van der Waals surface area contributed by atoms with Gasteiger partial charge in [0.2, 0.25) is 0 Å². The zero-order valence-corrected chi connectivity index (χ0v) is 15.1. The molecule has 0 unspecified atom stereocenters. The van der Waals surface area contributed by atoms with Crippen LogP contribution in [0.15, 0.2) is 54.6 Å². The maximum Gasteiger partial charge on any atom is 0.323 e. The third kappa shape index (κ3) is 3.85. The number of nitrogens with zero attached hydrogens (tertiary/aromatic N) is 1. The molecule has 1 atom stereocenters. The van der Waals surface area contributed by atoms with Gasteiger partial charge in [-0.1, -0.05) is 42.5 Å². The second-order valence-corrected chi connectivity index (χ2v) is 6.65.